The van der Waals surface area contributed by atoms with Gasteiger partial charge in [0.1, 0.15) is 6.54 Å². The van der Waals surface area contributed by atoms with Crippen molar-refractivity contribution in [1.82, 2.24) is 9.78 Å². The highest BCUT2D eigenvalue weighted by atomic mass is 35.5. The van der Waals surface area contributed by atoms with Gasteiger partial charge in [-0.15, -0.1) is 0 Å². The van der Waals surface area contributed by atoms with E-state index in [0.717, 1.165) is 5.69 Å². The number of nitrogens with one attached hydrogen (secondary N) is 1. The van der Waals surface area contributed by atoms with E-state index in [0.29, 0.717) is 16.4 Å². The van der Waals surface area contributed by atoms with Crippen molar-refractivity contribution in [2.24, 2.45) is 0 Å². The zero-order chi connectivity index (χ0) is 13.1. The molecule has 1 amide bonds. The molecule has 2 aromatic rings. The SMILES string of the molecule is Cc1ccnn1CC(=O)Nc1cc(Cl)ccc1N. The fraction of sp³-hybridized carbons (Fsp3) is 0.167. The largest absolute Gasteiger partial charge is 0.397 e. The molecule has 0 spiro atoms. The number of aromatic nitrogens is 2. The third kappa shape index (κ3) is 2.81. The smallest absolute Gasteiger partial charge is 0.246 e. The lowest BCUT2D eigenvalue weighted by Crippen LogP contribution is -2.20. The van der Waals surface area contributed by atoms with Crippen molar-refractivity contribution < 1.29 is 4.79 Å². The predicted octanol–water partition coefficient (Wildman–Crippen LogP) is 2.07. The quantitative estimate of drug-likeness (QED) is 0.834. The van der Waals surface area contributed by atoms with Crippen molar-refractivity contribution in [2.45, 2.75) is 13.5 Å². The third-order valence-corrected chi connectivity index (χ3v) is 2.75. The van der Waals surface area contributed by atoms with Crippen LogP contribution in [0.2, 0.25) is 5.02 Å². The Morgan fingerprint density at radius 2 is 2.28 bits per heavy atom. The number of nitrogens with zero attached hydrogens (tertiary/aromatic N) is 2. The second kappa shape index (κ2) is 5.10. The fourth-order valence-corrected chi connectivity index (χ4v) is 1.70. The molecule has 0 aliphatic heterocycles. The minimum atomic E-state index is -0.198. The summed E-state index contributed by atoms with van der Waals surface area (Å²) in [6, 6.07) is 6.77. The Hall–Kier alpha value is -2.01. The van der Waals surface area contributed by atoms with E-state index < -0.39 is 0 Å². The number of amides is 1. The van der Waals surface area contributed by atoms with E-state index in [1.165, 1.54) is 0 Å². The third-order valence-electron chi connectivity index (χ3n) is 2.51. The molecule has 3 N–H and O–H groups in total. The Balaban J connectivity index is 2.08. The van der Waals surface area contributed by atoms with Gasteiger partial charge in [-0.3, -0.25) is 9.48 Å². The molecular weight excluding hydrogens is 252 g/mol. The van der Waals surface area contributed by atoms with Gasteiger partial charge >= 0.3 is 0 Å². The van der Waals surface area contributed by atoms with Gasteiger partial charge in [0.05, 0.1) is 11.4 Å². The molecule has 1 aromatic heterocycles. The molecule has 6 heteroatoms. The van der Waals surface area contributed by atoms with Crippen LogP contribution in [0.1, 0.15) is 5.69 Å². The maximum absolute atomic E-state index is 11.8. The fourth-order valence-electron chi connectivity index (χ4n) is 1.53. The number of hydrogen-bond donors (Lipinski definition) is 2. The maximum atomic E-state index is 11.8. The molecule has 0 radical (unpaired) electrons. The molecule has 1 aromatic carbocycles. The molecule has 0 saturated carbocycles. The number of anilines is 2. The number of carbonyl (C=O) groups excluding carboxylic acids is 1. The number of benzene rings is 1. The van der Waals surface area contributed by atoms with E-state index in [-0.39, 0.29) is 12.5 Å². The second-order valence-corrected chi connectivity index (χ2v) is 4.35. The Morgan fingerprint density at radius 1 is 1.50 bits per heavy atom. The van der Waals surface area contributed by atoms with Gasteiger partial charge in [0.15, 0.2) is 0 Å². The second-order valence-electron chi connectivity index (χ2n) is 3.91. The number of carbonyl (C=O) groups is 1. The molecule has 94 valence electrons. The summed E-state index contributed by atoms with van der Waals surface area (Å²) in [4.78, 5) is 11.8. The number of hydrogen-bond acceptors (Lipinski definition) is 3. The van der Waals surface area contributed by atoms with E-state index >= 15 is 0 Å². The number of nitrogens with two attached hydrogens (primary N) is 1. The van der Waals surface area contributed by atoms with Crippen molar-refractivity contribution in [1.29, 1.82) is 0 Å². The lowest BCUT2D eigenvalue weighted by Gasteiger charge is -2.09. The Labute approximate surface area is 110 Å². The van der Waals surface area contributed by atoms with Crippen LogP contribution < -0.4 is 11.1 Å². The molecule has 0 aliphatic rings. The van der Waals surface area contributed by atoms with Crippen LogP contribution in [0.25, 0.3) is 0 Å². The average Bonchev–Trinajstić information content (AvgIpc) is 2.70. The molecular formula is C12H13ClN4O. The number of aryl methyl sites for hydroxylation is 1. The minimum Gasteiger partial charge on any atom is -0.397 e. The van der Waals surface area contributed by atoms with E-state index in [1.807, 2.05) is 13.0 Å². The van der Waals surface area contributed by atoms with Gasteiger partial charge in [-0.1, -0.05) is 11.6 Å². The highest BCUT2D eigenvalue weighted by Gasteiger charge is 2.08. The van der Waals surface area contributed by atoms with E-state index in [1.54, 1.807) is 29.1 Å². The topological polar surface area (TPSA) is 72.9 Å². The predicted molar refractivity (Wildman–Crippen MR) is 71.5 cm³/mol. The molecule has 0 bridgehead atoms. The Bertz CT molecular complexity index is 579. The summed E-state index contributed by atoms with van der Waals surface area (Å²) in [6.07, 6.45) is 1.65. The lowest BCUT2D eigenvalue weighted by atomic mass is 10.2. The van der Waals surface area contributed by atoms with Crippen molar-refractivity contribution in [3.05, 3.63) is 41.2 Å². The molecule has 18 heavy (non-hydrogen) atoms. The van der Waals surface area contributed by atoms with Crippen LogP contribution in [0, 0.1) is 6.92 Å². The van der Waals surface area contributed by atoms with Crippen LogP contribution in [0.3, 0.4) is 0 Å². The molecule has 1 heterocycles. The van der Waals surface area contributed by atoms with E-state index in [2.05, 4.69) is 10.4 Å². The first-order valence-corrected chi connectivity index (χ1v) is 5.77. The Kier molecular flexibility index (Phi) is 3.53. The highest BCUT2D eigenvalue weighted by Crippen LogP contribution is 2.22. The highest BCUT2D eigenvalue weighted by molar-refractivity contribution is 6.31. The van der Waals surface area contributed by atoms with Gasteiger partial charge in [0.2, 0.25) is 5.91 Å². The van der Waals surface area contributed by atoms with Crippen molar-refractivity contribution >= 4 is 28.9 Å². The standard InChI is InChI=1S/C12H13ClN4O/c1-8-4-5-15-17(8)7-12(18)16-11-6-9(13)2-3-10(11)14/h2-6H,7,14H2,1H3,(H,16,18). The molecule has 0 unspecified atom stereocenters. The number of nitrogen functional groups attached to an aromatic ring is 1. The van der Waals surface area contributed by atoms with Crippen LogP contribution in [0.4, 0.5) is 11.4 Å². The molecule has 0 aliphatic carbocycles. The van der Waals surface area contributed by atoms with Crippen molar-refractivity contribution in [2.75, 3.05) is 11.1 Å². The van der Waals surface area contributed by atoms with Gasteiger partial charge in [-0.2, -0.15) is 5.10 Å². The molecule has 5 nitrogen and oxygen atoms in total. The van der Waals surface area contributed by atoms with E-state index in [4.69, 9.17) is 17.3 Å². The first-order valence-electron chi connectivity index (χ1n) is 5.39. The van der Waals surface area contributed by atoms with Gasteiger partial charge in [-0.25, -0.2) is 0 Å². The summed E-state index contributed by atoms with van der Waals surface area (Å²) in [5.74, 6) is -0.198. The summed E-state index contributed by atoms with van der Waals surface area (Å²) in [7, 11) is 0. The molecule has 0 fully saturated rings. The van der Waals surface area contributed by atoms with Gasteiger partial charge < -0.3 is 11.1 Å². The van der Waals surface area contributed by atoms with Crippen LogP contribution in [0.15, 0.2) is 30.5 Å². The zero-order valence-electron chi connectivity index (χ0n) is 9.85. The lowest BCUT2D eigenvalue weighted by molar-refractivity contribution is -0.116. The summed E-state index contributed by atoms with van der Waals surface area (Å²) < 4.78 is 1.61. The van der Waals surface area contributed by atoms with Crippen LogP contribution in [-0.2, 0) is 11.3 Å². The number of halogens is 1. The zero-order valence-corrected chi connectivity index (χ0v) is 10.6. The van der Waals surface area contributed by atoms with Crippen molar-refractivity contribution in [3.8, 4) is 0 Å². The van der Waals surface area contributed by atoms with Crippen LogP contribution in [0.5, 0.6) is 0 Å². The first-order chi connectivity index (χ1) is 8.56. The molecule has 2 rings (SSSR count). The summed E-state index contributed by atoms with van der Waals surface area (Å²) in [6.45, 7) is 2.03. The summed E-state index contributed by atoms with van der Waals surface area (Å²) in [5.41, 5.74) is 7.65. The van der Waals surface area contributed by atoms with Gasteiger partial charge in [-0.05, 0) is 31.2 Å². The Morgan fingerprint density at radius 3 is 2.94 bits per heavy atom. The molecule has 0 atom stereocenters. The van der Waals surface area contributed by atoms with Crippen LogP contribution >= 0.6 is 11.6 Å². The van der Waals surface area contributed by atoms with Gasteiger partial charge in [0, 0.05) is 16.9 Å². The first kappa shape index (κ1) is 12.4. The number of rotatable bonds is 3. The minimum absolute atomic E-state index is 0.144. The van der Waals surface area contributed by atoms with Crippen LogP contribution in [-0.4, -0.2) is 15.7 Å². The average molecular weight is 265 g/mol. The normalized spacial score (nSPS) is 10.3. The molecule has 0 saturated heterocycles. The monoisotopic (exact) mass is 264 g/mol. The van der Waals surface area contributed by atoms with Crippen molar-refractivity contribution in [3.63, 3.8) is 0 Å². The summed E-state index contributed by atoms with van der Waals surface area (Å²) >= 11 is 5.84. The maximum Gasteiger partial charge on any atom is 0.246 e. The van der Waals surface area contributed by atoms with E-state index in [9.17, 15) is 4.79 Å². The van der Waals surface area contributed by atoms with Gasteiger partial charge in [0.25, 0.3) is 0 Å². The summed E-state index contributed by atoms with van der Waals surface area (Å²) in [5, 5.41) is 7.27.